The largest absolute Gasteiger partial charge is 0.449 e. The first-order chi connectivity index (χ1) is 11.5. The van der Waals surface area contributed by atoms with Crippen molar-refractivity contribution in [2.24, 2.45) is 5.92 Å². The Hall–Kier alpha value is -2.42. The van der Waals surface area contributed by atoms with Crippen molar-refractivity contribution in [2.75, 3.05) is 24.6 Å². The lowest BCUT2D eigenvalue weighted by atomic mass is 10.2. The minimum absolute atomic E-state index is 0.0960. The van der Waals surface area contributed by atoms with E-state index in [0.29, 0.717) is 31.6 Å². The molecule has 1 aromatic heterocycles. The third-order valence-electron chi connectivity index (χ3n) is 4.27. The number of rotatable bonds is 4. The summed E-state index contributed by atoms with van der Waals surface area (Å²) in [4.78, 5) is 35.6. The molecule has 0 radical (unpaired) electrons. The maximum Gasteiger partial charge on any atom is 0.410 e. The molecule has 0 aromatic carbocycles. The number of nitrogens with zero attached hydrogens (tertiary/aromatic N) is 4. The first-order valence-electron chi connectivity index (χ1n) is 7.96. The molecule has 130 valence electrons. The quantitative estimate of drug-likeness (QED) is 0.614. The summed E-state index contributed by atoms with van der Waals surface area (Å²) in [6.07, 6.45) is 3.34. The van der Waals surface area contributed by atoms with Gasteiger partial charge in [0.25, 0.3) is 5.91 Å². The van der Waals surface area contributed by atoms with Crippen molar-refractivity contribution in [3.8, 4) is 0 Å². The van der Waals surface area contributed by atoms with Crippen LogP contribution in [0.3, 0.4) is 0 Å². The number of fused-ring (bicyclic) bond motifs is 2. The summed E-state index contributed by atoms with van der Waals surface area (Å²) in [6, 6.07) is 0.248. The van der Waals surface area contributed by atoms with E-state index >= 15 is 0 Å². The van der Waals surface area contributed by atoms with Gasteiger partial charge in [-0.2, -0.15) is 0 Å². The lowest BCUT2D eigenvalue weighted by Crippen LogP contribution is -2.49. The summed E-state index contributed by atoms with van der Waals surface area (Å²) in [5.41, 5.74) is 1.73. The topological polar surface area (TPSA) is 108 Å². The van der Waals surface area contributed by atoms with Crippen LogP contribution in [0.15, 0.2) is 12.4 Å². The summed E-state index contributed by atoms with van der Waals surface area (Å²) < 4.78 is 5.30. The molecule has 2 aliphatic rings. The minimum atomic E-state index is -0.649. The van der Waals surface area contributed by atoms with Crippen LogP contribution in [0.1, 0.15) is 30.6 Å². The summed E-state index contributed by atoms with van der Waals surface area (Å²) >= 11 is 0. The molecule has 2 aliphatic heterocycles. The summed E-state index contributed by atoms with van der Waals surface area (Å²) in [6.45, 7) is 5.66. The second-order valence-electron chi connectivity index (χ2n) is 6.53. The predicted octanol–water partition coefficient (Wildman–Crippen LogP) is 0.651. The number of ether oxygens (including phenoxy) is 1. The molecule has 0 unspecified atom stereocenters. The van der Waals surface area contributed by atoms with Gasteiger partial charge in [-0.1, -0.05) is 13.8 Å². The number of hydrogen-bond donors (Lipinski definition) is 2. The smallest absolute Gasteiger partial charge is 0.410 e. The zero-order valence-corrected chi connectivity index (χ0v) is 13.7. The molecule has 2 amide bonds. The van der Waals surface area contributed by atoms with Crippen LogP contribution in [0.5, 0.6) is 0 Å². The fraction of sp³-hybridized carbons (Fsp3) is 0.600. The molecule has 2 saturated heterocycles. The van der Waals surface area contributed by atoms with Crippen LogP contribution in [0.4, 0.5) is 10.7 Å². The van der Waals surface area contributed by atoms with Crippen molar-refractivity contribution in [1.29, 1.82) is 0 Å². The Morgan fingerprint density at radius 3 is 2.58 bits per heavy atom. The predicted molar refractivity (Wildman–Crippen MR) is 83.7 cm³/mol. The van der Waals surface area contributed by atoms with E-state index in [9.17, 15) is 9.59 Å². The summed E-state index contributed by atoms with van der Waals surface area (Å²) in [5.74, 6) is 0.184. The average molecular weight is 335 g/mol. The monoisotopic (exact) mass is 335 g/mol. The Morgan fingerprint density at radius 2 is 2.04 bits per heavy atom. The standard InChI is InChI=1S/C15H21N5O4/c1-9(2)8-24-15(22)20-7-11-3-12(20)6-19(11)14-16-4-10(5-17-14)13(21)18-23/h4-5,9,11-12,23H,3,6-8H2,1-2H3,(H,18,21)/t11-,12-/m0/s1. The van der Waals surface area contributed by atoms with Gasteiger partial charge in [0, 0.05) is 25.5 Å². The van der Waals surface area contributed by atoms with Crippen LogP contribution in [0, 0.1) is 5.92 Å². The average Bonchev–Trinajstić information content (AvgIpc) is 3.19. The SMILES string of the molecule is CC(C)COC(=O)N1C[C@@H]2C[C@H]1CN2c1ncc(C(=O)NO)cn1. The van der Waals surface area contributed by atoms with E-state index in [1.54, 1.807) is 10.4 Å². The number of likely N-dealkylation sites (tertiary alicyclic amines) is 1. The van der Waals surface area contributed by atoms with E-state index in [1.165, 1.54) is 12.4 Å². The highest BCUT2D eigenvalue weighted by molar-refractivity contribution is 5.92. The van der Waals surface area contributed by atoms with Crippen LogP contribution in [-0.4, -0.2) is 63.9 Å². The number of hydrogen-bond acceptors (Lipinski definition) is 7. The molecule has 2 fully saturated rings. The molecule has 0 spiro atoms. The number of anilines is 1. The molecule has 2 atom stereocenters. The zero-order chi connectivity index (χ0) is 17.3. The molecule has 9 nitrogen and oxygen atoms in total. The van der Waals surface area contributed by atoms with Gasteiger partial charge in [-0.25, -0.2) is 20.2 Å². The van der Waals surface area contributed by atoms with Crippen LogP contribution in [-0.2, 0) is 4.74 Å². The molecule has 3 heterocycles. The first kappa shape index (κ1) is 16.4. The molecule has 9 heteroatoms. The van der Waals surface area contributed by atoms with Crippen molar-refractivity contribution in [3.63, 3.8) is 0 Å². The van der Waals surface area contributed by atoms with Crippen molar-refractivity contribution in [1.82, 2.24) is 20.3 Å². The van der Waals surface area contributed by atoms with E-state index in [0.717, 1.165) is 6.42 Å². The van der Waals surface area contributed by atoms with E-state index in [4.69, 9.17) is 9.94 Å². The summed E-state index contributed by atoms with van der Waals surface area (Å²) in [7, 11) is 0. The number of hydroxylamine groups is 1. The number of amides is 2. The molecular formula is C15H21N5O4. The molecular weight excluding hydrogens is 314 g/mol. The van der Waals surface area contributed by atoms with Crippen LogP contribution < -0.4 is 10.4 Å². The highest BCUT2D eigenvalue weighted by Gasteiger charge is 2.46. The van der Waals surface area contributed by atoms with Gasteiger partial charge in [-0.15, -0.1) is 0 Å². The molecule has 2 N–H and O–H groups in total. The molecule has 1 aromatic rings. The first-order valence-corrected chi connectivity index (χ1v) is 7.96. The Labute approximate surface area is 139 Å². The second-order valence-corrected chi connectivity index (χ2v) is 6.53. The zero-order valence-electron chi connectivity index (χ0n) is 13.7. The van der Waals surface area contributed by atoms with Crippen molar-refractivity contribution >= 4 is 17.9 Å². The summed E-state index contributed by atoms with van der Waals surface area (Å²) in [5, 5.41) is 8.60. The molecule has 3 rings (SSSR count). The second kappa shape index (κ2) is 6.60. The van der Waals surface area contributed by atoms with Crippen LogP contribution in [0.2, 0.25) is 0 Å². The van der Waals surface area contributed by atoms with E-state index in [1.807, 2.05) is 18.7 Å². The van der Waals surface area contributed by atoms with Gasteiger partial charge in [0.15, 0.2) is 0 Å². The molecule has 0 aliphatic carbocycles. The van der Waals surface area contributed by atoms with E-state index in [-0.39, 0.29) is 23.7 Å². The number of aromatic nitrogens is 2. The van der Waals surface area contributed by atoms with Crippen molar-refractivity contribution in [2.45, 2.75) is 32.4 Å². The molecule has 0 saturated carbocycles. The van der Waals surface area contributed by atoms with Gasteiger partial charge in [0.1, 0.15) is 0 Å². The Balaban J connectivity index is 1.61. The normalized spacial score (nSPS) is 22.2. The fourth-order valence-corrected chi connectivity index (χ4v) is 3.11. The molecule has 24 heavy (non-hydrogen) atoms. The van der Waals surface area contributed by atoms with Crippen LogP contribution in [0.25, 0.3) is 0 Å². The molecule has 2 bridgehead atoms. The Kier molecular flexibility index (Phi) is 4.52. The van der Waals surface area contributed by atoms with Gasteiger partial charge >= 0.3 is 6.09 Å². The van der Waals surface area contributed by atoms with Gasteiger partial charge in [-0.3, -0.25) is 10.0 Å². The van der Waals surface area contributed by atoms with E-state index < -0.39 is 5.91 Å². The highest BCUT2D eigenvalue weighted by atomic mass is 16.6. The lowest BCUT2D eigenvalue weighted by Gasteiger charge is -2.33. The van der Waals surface area contributed by atoms with Crippen molar-refractivity contribution < 1.29 is 19.5 Å². The Bertz CT molecular complexity index is 621. The number of carbonyl (C=O) groups excluding carboxylic acids is 2. The van der Waals surface area contributed by atoms with Crippen molar-refractivity contribution in [3.05, 3.63) is 18.0 Å². The third-order valence-corrected chi connectivity index (χ3v) is 4.27. The van der Waals surface area contributed by atoms with E-state index in [2.05, 4.69) is 9.97 Å². The number of piperazine rings is 1. The van der Waals surface area contributed by atoms with Crippen LogP contribution >= 0.6 is 0 Å². The minimum Gasteiger partial charge on any atom is -0.449 e. The highest BCUT2D eigenvalue weighted by Crippen LogP contribution is 2.33. The Morgan fingerprint density at radius 1 is 1.33 bits per heavy atom. The number of nitrogens with one attached hydrogen (secondary N) is 1. The van der Waals surface area contributed by atoms with Gasteiger partial charge in [0.2, 0.25) is 5.95 Å². The maximum absolute atomic E-state index is 12.1. The maximum atomic E-state index is 12.1. The van der Waals surface area contributed by atoms with Gasteiger partial charge in [0.05, 0.1) is 24.3 Å². The fourth-order valence-electron chi connectivity index (χ4n) is 3.11. The lowest BCUT2D eigenvalue weighted by molar-refractivity contribution is 0.0705. The third kappa shape index (κ3) is 3.12. The van der Waals surface area contributed by atoms with Gasteiger partial charge < -0.3 is 14.5 Å². The van der Waals surface area contributed by atoms with Gasteiger partial charge in [-0.05, 0) is 12.3 Å². The number of carbonyl (C=O) groups is 2.